The Morgan fingerprint density at radius 3 is 2.50 bits per heavy atom. The number of benzene rings is 2. The van der Waals surface area contributed by atoms with Crippen molar-refractivity contribution < 1.29 is 9.84 Å². The summed E-state index contributed by atoms with van der Waals surface area (Å²) in [6, 6.07) is 12.7. The van der Waals surface area contributed by atoms with Crippen molar-refractivity contribution in [2.24, 2.45) is 5.73 Å². The van der Waals surface area contributed by atoms with E-state index < -0.39 is 0 Å². The first-order valence-corrected chi connectivity index (χ1v) is 6.86. The second-order valence-corrected chi connectivity index (χ2v) is 5.04. The highest BCUT2D eigenvalue weighted by atomic mass is 35.5. The van der Waals surface area contributed by atoms with E-state index in [0.717, 1.165) is 5.56 Å². The van der Waals surface area contributed by atoms with Crippen molar-refractivity contribution in [3.63, 3.8) is 0 Å². The molecule has 0 aliphatic heterocycles. The minimum absolute atomic E-state index is 0.125. The largest absolute Gasteiger partial charge is 0.457 e. The van der Waals surface area contributed by atoms with Crippen molar-refractivity contribution in [1.82, 2.24) is 0 Å². The van der Waals surface area contributed by atoms with Gasteiger partial charge in [-0.25, -0.2) is 0 Å². The van der Waals surface area contributed by atoms with Crippen LogP contribution in [0.2, 0.25) is 5.02 Å². The quantitative estimate of drug-likeness (QED) is 0.832. The van der Waals surface area contributed by atoms with Crippen LogP contribution in [0, 0.1) is 0 Å². The summed E-state index contributed by atoms with van der Waals surface area (Å²) in [5, 5.41) is 9.34. The van der Waals surface area contributed by atoms with Crippen molar-refractivity contribution in [1.29, 1.82) is 0 Å². The van der Waals surface area contributed by atoms with Gasteiger partial charge in [0.15, 0.2) is 0 Å². The standard InChI is InChI=1S/C15H14ClNO2S/c16-12-2-1-3-13(14(12)15(17)20)19-11-6-4-10(5-7-11)8-9-18/h1-7,18H,8-9H2,(H2,17,20). The van der Waals surface area contributed by atoms with Crippen LogP contribution in [0.4, 0.5) is 0 Å². The molecule has 0 aromatic heterocycles. The number of aliphatic hydroxyl groups is 1. The van der Waals surface area contributed by atoms with Crippen LogP contribution < -0.4 is 10.5 Å². The van der Waals surface area contributed by atoms with Gasteiger partial charge in [0.25, 0.3) is 0 Å². The lowest BCUT2D eigenvalue weighted by molar-refractivity contribution is 0.299. The topological polar surface area (TPSA) is 55.5 Å². The summed E-state index contributed by atoms with van der Waals surface area (Å²) in [6.07, 6.45) is 0.621. The summed E-state index contributed by atoms with van der Waals surface area (Å²) in [4.78, 5) is 0.197. The average Bonchev–Trinajstić information content (AvgIpc) is 2.41. The Balaban J connectivity index is 2.26. The molecule has 0 amide bonds. The molecule has 0 saturated heterocycles. The lowest BCUT2D eigenvalue weighted by atomic mass is 10.1. The molecule has 0 spiro atoms. The minimum atomic E-state index is 0.125. The van der Waals surface area contributed by atoms with Gasteiger partial charge < -0.3 is 15.6 Å². The predicted molar refractivity (Wildman–Crippen MR) is 84.6 cm³/mol. The maximum absolute atomic E-state index is 8.88. The van der Waals surface area contributed by atoms with Gasteiger partial charge in [-0.05, 0) is 36.2 Å². The second-order valence-electron chi connectivity index (χ2n) is 4.20. The van der Waals surface area contributed by atoms with Gasteiger partial charge in [-0.15, -0.1) is 0 Å². The molecule has 2 rings (SSSR count). The van der Waals surface area contributed by atoms with E-state index >= 15 is 0 Å². The summed E-state index contributed by atoms with van der Waals surface area (Å²) in [6.45, 7) is 0.125. The molecule has 104 valence electrons. The normalized spacial score (nSPS) is 10.3. The zero-order valence-corrected chi connectivity index (χ0v) is 12.2. The highest BCUT2D eigenvalue weighted by molar-refractivity contribution is 7.80. The van der Waals surface area contributed by atoms with Gasteiger partial charge in [0.2, 0.25) is 0 Å². The monoisotopic (exact) mass is 307 g/mol. The van der Waals surface area contributed by atoms with Gasteiger partial charge in [0, 0.05) is 6.61 Å². The van der Waals surface area contributed by atoms with Gasteiger partial charge in [0.1, 0.15) is 16.5 Å². The number of halogens is 1. The van der Waals surface area contributed by atoms with Crippen molar-refractivity contribution in [3.8, 4) is 11.5 Å². The smallest absolute Gasteiger partial charge is 0.139 e. The van der Waals surface area contributed by atoms with Crippen LogP contribution in [-0.4, -0.2) is 16.7 Å². The Labute approximate surface area is 127 Å². The third-order valence-electron chi connectivity index (χ3n) is 2.77. The van der Waals surface area contributed by atoms with E-state index in [1.807, 2.05) is 24.3 Å². The molecule has 0 aliphatic carbocycles. The van der Waals surface area contributed by atoms with Gasteiger partial charge in [-0.3, -0.25) is 0 Å². The predicted octanol–water partition coefficient (Wildman–Crippen LogP) is 3.30. The van der Waals surface area contributed by atoms with Crippen LogP contribution in [0.25, 0.3) is 0 Å². The number of rotatable bonds is 5. The van der Waals surface area contributed by atoms with Gasteiger partial charge >= 0.3 is 0 Å². The maximum atomic E-state index is 8.88. The van der Waals surface area contributed by atoms with Gasteiger partial charge in [-0.2, -0.15) is 0 Å². The number of ether oxygens (including phenoxy) is 1. The number of thiocarbonyl (C=S) groups is 1. The van der Waals surface area contributed by atoms with Crippen molar-refractivity contribution in [2.75, 3.05) is 6.61 Å². The highest BCUT2D eigenvalue weighted by Crippen LogP contribution is 2.30. The van der Waals surface area contributed by atoms with E-state index in [2.05, 4.69) is 0 Å². The summed E-state index contributed by atoms with van der Waals surface area (Å²) < 4.78 is 5.77. The molecule has 0 heterocycles. The van der Waals surface area contributed by atoms with Crippen LogP contribution in [0.5, 0.6) is 11.5 Å². The Hall–Kier alpha value is -1.62. The van der Waals surface area contributed by atoms with E-state index in [9.17, 15) is 0 Å². The number of hydrogen-bond donors (Lipinski definition) is 2. The van der Waals surface area contributed by atoms with Crippen molar-refractivity contribution >= 4 is 28.8 Å². The SMILES string of the molecule is NC(=S)c1c(Cl)cccc1Oc1ccc(CCO)cc1. The fourth-order valence-corrected chi connectivity index (χ4v) is 2.34. The Morgan fingerprint density at radius 2 is 1.90 bits per heavy atom. The molecule has 2 aromatic rings. The van der Waals surface area contributed by atoms with Crippen LogP contribution >= 0.6 is 23.8 Å². The lowest BCUT2D eigenvalue weighted by Crippen LogP contribution is -2.11. The number of nitrogens with two attached hydrogens (primary N) is 1. The van der Waals surface area contributed by atoms with Crippen LogP contribution in [0.15, 0.2) is 42.5 Å². The summed E-state index contributed by atoms with van der Waals surface area (Å²) in [5.74, 6) is 1.19. The van der Waals surface area contributed by atoms with E-state index in [-0.39, 0.29) is 11.6 Å². The summed E-state index contributed by atoms with van der Waals surface area (Å²) in [5.41, 5.74) is 7.25. The molecule has 5 heteroatoms. The molecule has 3 nitrogen and oxygen atoms in total. The highest BCUT2D eigenvalue weighted by Gasteiger charge is 2.11. The molecule has 0 radical (unpaired) electrons. The average molecular weight is 308 g/mol. The fraction of sp³-hybridized carbons (Fsp3) is 0.133. The van der Waals surface area contributed by atoms with Crippen molar-refractivity contribution in [2.45, 2.75) is 6.42 Å². The van der Waals surface area contributed by atoms with E-state index in [1.54, 1.807) is 18.2 Å². The molecule has 0 unspecified atom stereocenters. The third kappa shape index (κ3) is 3.48. The molecule has 3 N–H and O–H groups in total. The summed E-state index contributed by atoms with van der Waals surface area (Å²) >= 11 is 11.1. The maximum Gasteiger partial charge on any atom is 0.139 e. The number of aliphatic hydroxyl groups excluding tert-OH is 1. The van der Waals surface area contributed by atoms with E-state index in [1.165, 1.54) is 0 Å². The lowest BCUT2D eigenvalue weighted by Gasteiger charge is -2.12. The Morgan fingerprint density at radius 1 is 1.20 bits per heavy atom. The molecule has 0 saturated carbocycles. The van der Waals surface area contributed by atoms with Gasteiger partial charge in [-0.1, -0.05) is 42.0 Å². The Kier molecular flexibility index (Phi) is 4.95. The molecular weight excluding hydrogens is 294 g/mol. The first-order chi connectivity index (χ1) is 9.61. The first-order valence-electron chi connectivity index (χ1n) is 6.08. The summed E-state index contributed by atoms with van der Waals surface area (Å²) in [7, 11) is 0. The van der Waals surface area contributed by atoms with E-state index in [0.29, 0.717) is 28.5 Å². The van der Waals surface area contributed by atoms with Crippen LogP contribution in [0.1, 0.15) is 11.1 Å². The molecule has 0 aliphatic rings. The second kappa shape index (κ2) is 6.70. The number of hydrogen-bond acceptors (Lipinski definition) is 3. The van der Waals surface area contributed by atoms with Gasteiger partial charge in [0.05, 0.1) is 10.6 Å². The van der Waals surface area contributed by atoms with Crippen LogP contribution in [-0.2, 0) is 6.42 Å². The molecule has 0 bridgehead atoms. The zero-order chi connectivity index (χ0) is 14.5. The molecule has 2 aromatic carbocycles. The molecule has 0 fully saturated rings. The third-order valence-corrected chi connectivity index (χ3v) is 3.29. The molecule has 0 atom stereocenters. The molecular formula is C15H14ClNO2S. The molecule has 20 heavy (non-hydrogen) atoms. The fourth-order valence-electron chi connectivity index (χ4n) is 1.81. The first kappa shape index (κ1) is 14.8. The van der Waals surface area contributed by atoms with Crippen LogP contribution in [0.3, 0.4) is 0 Å². The zero-order valence-electron chi connectivity index (χ0n) is 10.7. The van der Waals surface area contributed by atoms with Crippen molar-refractivity contribution in [3.05, 3.63) is 58.6 Å². The van der Waals surface area contributed by atoms with E-state index in [4.69, 9.17) is 39.4 Å². The Bertz CT molecular complexity index is 614. The minimum Gasteiger partial charge on any atom is -0.457 e.